The van der Waals surface area contributed by atoms with Gasteiger partial charge in [-0.25, -0.2) is 0 Å². The number of hydrogen-bond acceptors (Lipinski definition) is 1. The molecule has 1 aromatic heterocycles. The highest BCUT2D eigenvalue weighted by Crippen LogP contribution is 2.35. The van der Waals surface area contributed by atoms with Crippen molar-refractivity contribution in [3.63, 3.8) is 0 Å². The molecule has 0 N–H and O–H groups in total. The molecule has 0 saturated heterocycles. The summed E-state index contributed by atoms with van der Waals surface area (Å²) in [7, 11) is 0. The SMILES string of the molecule is Clc1cccc(-c2c[c]cs2)c1Cl. The van der Waals surface area contributed by atoms with E-state index in [4.69, 9.17) is 23.2 Å². The molecule has 0 amide bonds. The minimum Gasteiger partial charge on any atom is -0.143 e. The summed E-state index contributed by atoms with van der Waals surface area (Å²) < 4.78 is 0. The number of thiophene rings is 1. The van der Waals surface area contributed by atoms with Crippen LogP contribution in [0.25, 0.3) is 10.4 Å². The van der Waals surface area contributed by atoms with Gasteiger partial charge in [-0.2, -0.15) is 0 Å². The van der Waals surface area contributed by atoms with Gasteiger partial charge in [0.25, 0.3) is 0 Å². The van der Waals surface area contributed by atoms with Gasteiger partial charge in [0.05, 0.1) is 10.0 Å². The normalized spacial score (nSPS) is 10.3. The minimum absolute atomic E-state index is 0.590. The quantitative estimate of drug-likeness (QED) is 0.673. The van der Waals surface area contributed by atoms with Gasteiger partial charge < -0.3 is 0 Å². The molecule has 3 heteroatoms. The Balaban J connectivity index is 2.59. The third-order valence-electron chi connectivity index (χ3n) is 1.69. The molecule has 0 saturated carbocycles. The Bertz CT molecular complexity index is 407. The van der Waals surface area contributed by atoms with Crippen LogP contribution in [0.2, 0.25) is 10.0 Å². The third kappa shape index (κ3) is 1.73. The van der Waals surface area contributed by atoms with Gasteiger partial charge in [0.1, 0.15) is 0 Å². The summed E-state index contributed by atoms with van der Waals surface area (Å²) in [6, 6.07) is 10.5. The molecule has 0 bridgehead atoms. The van der Waals surface area contributed by atoms with Crippen LogP contribution in [-0.4, -0.2) is 0 Å². The molecule has 2 rings (SSSR count). The van der Waals surface area contributed by atoms with Crippen molar-refractivity contribution in [2.45, 2.75) is 0 Å². The fourth-order valence-electron chi connectivity index (χ4n) is 1.08. The van der Waals surface area contributed by atoms with E-state index in [1.165, 1.54) is 0 Å². The Kier molecular flexibility index (Phi) is 2.58. The standard InChI is InChI=1S/C10H5Cl2S/c11-8-4-1-3-7(10(8)12)9-5-2-6-13-9/h1,3-6H. The molecule has 0 aliphatic heterocycles. The predicted molar refractivity (Wildman–Crippen MR) is 58.6 cm³/mol. The second-order valence-corrected chi connectivity index (χ2v) is 4.21. The summed E-state index contributed by atoms with van der Waals surface area (Å²) in [5, 5.41) is 3.10. The van der Waals surface area contributed by atoms with Crippen LogP contribution >= 0.6 is 34.5 Å². The van der Waals surface area contributed by atoms with Crippen LogP contribution in [-0.2, 0) is 0 Å². The van der Waals surface area contributed by atoms with Crippen LogP contribution < -0.4 is 0 Å². The highest BCUT2D eigenvalue weighted by molar-refractivity contribution is 7.13. The first kappa shape index (κ1) is 9.07. The Hall–Kier alpha value is -0.500. The van der Waals surface area contributed by atoms with E-state index in [1.807, 2.05) is 23.6 Å². The lowest BCUT2D eigenvalue weighted by molar-refractivity contribution is 1.69. The van der Waals surface area contributed by atoms with Crippen molar-refractivity contribution in [1.29, 1.82) is 0 Å². The molecule has 1 heterocycles. The van der Waals surface area contributed by atoms with Gasteiger partial charge >= 0.3 is 0 Å². The van der Waals surface area contributed by atoms with Gasteiger partial charge in [0.15, 0.2) is 0 Å². The molecule has 0 spiro atoms. The van der Waals surface area contributed by atoms with Gasteiger partial charge in [-0.15, -0.1) is 11.3 Å². The zero-order valence-corrected chi connectivity index (χ0v) is 8.88. The van der Waals surface area contributed by atoms with E-state index in [0.29, 0.717) is 10.0 Å². The van der Waals surface area contributed by atoms with Crippen molar-refractivity contribution >= 4 is 34.5 Å². The Labute approximate surface area is 90.7 Å². The largest absolute Gasteiger partial charge is 0.143 e. The van der Waals surface area contributed by atoms with Crippen molar-refractivity contribution in [1.82, 2.24) is 0 Å². The molecular formula is C10H5Cl2S. The predicted octanol–water partition coefficient (Wildman–Crippen LogP) is 4.52. The van der Waals surface area contributed by atoms with Gasteiger partial charge in [0, 0.05) is 10.4 Å². The second-order valence-electron chi connectivity index (χ2n) is 2.51. The number of halogens is 2. The molecule has 2 aromatic rings. The summed E-state index contributed by atoms with van der Waals surface area (Å²) in [6.07, 6.45) is 0. The molecular weight excluding hydrogens is 223 g/mol. The van der Waals surface area contributed by atoms with E-state index in [-0.39, 0.29) is 0 Å². The fourth-order valence-corrected chi connectivity index (χ4v) is 2.23. The van der Waals surface area contributed by atoms with Crippen LogP contribution in [0, 0.1) is 6.07 Å². The number of hydrogen-bond donors (Lipinski definition) is 0. The first-order chi connectivity index (χ1) is 6.29. The number of benzene rings is 1. The van der Waals surface area contributed by atoms with Crippen LogP contribution in [0.5, 0.6) is 0 Å². The van der Waals surface area contributed by atoms with E-state index < -0.39 is 0 Å². The van der Waals surface area contributed by atoms with E-state index in [1.54, 1.807) is 17.4 Å². The molecule has 1 radical (unpaired) electrons. The zero-order chi connectivity index (χ0) is 9.26. The van der Waals surface area contributed by atoms with Crippen molar-refractivity contribution in [3.8, 4) is 10.4 Å². The smallest absolute Gasteiger partial charge is 0.0678 e. The average molecular weight is 228 g/mol. The van der Waals surface area contributed by atoms with Crippen molar-refractivity contribution < 1.29 is 0 Å². The highest BCUT2D eigenvalue weighted by Gasteiger charge is 2.06. The molecule has 0 aliphatic rings. The maximum atomic E-state index is 6.05. The van der Waals surface area contributed by atoms with Gasteiger partial charge in [-0.1, -0.05) is 35.3 Å². The molecule has 0 fully saturated rings. The summed E-state index contributed by atoms with van der Waals surface area (Å²) >= 11 is 13.5. The molecule has 1 aromatic carbocycles. The summed E-state index contributed by atoms with van der Waals surface area (Å²) in [5.74, 6) is 0. The zero-order valence-electron chi connectivity index (χ0n) is 6.55. The van der Waals surface area contributed by atoms with Crippen LogP contribution in [0.3, 0.4) is 0 Å². The minimum atomic E-state index is 0.590. The first-order valence-electron chi connectivity index (χ1n) is 3.68. The van der Waals surface area contributed by atoms with E-state index in [2.05, 4.69) is 6.07 Å². The van der Waals surface area contributed by atoms with E-state index >= 15 is 0 Å². The molecule has 0 unspecified atom stereocenters. The molecule has 65 valence electrons. The van der Waals surface area contributed by atoms with Crippen molar-refractivity contribution in [2.75, 3.05) is 0 Å². The summed E-state index contributed by atoms with van der Waals surface area (Å²) in [6.45, 7) is 0. The molecule has 0 aliphatic carbocycles. The molecule has 13 heavy (non-hydrogen) atoms. The van der Waals surface area contributed by atoms with Gasteiger partial charge in [-0.05, 0) is 23.6 Å². The lowest BCUT2D eigenvalue weighted by Gasteiger charge is -2.01. The lowest BCUT2D eigenvalue weighted by atomic mass is 10.2. The monoisotopic (exact) mass is 227 g/mol. The fraction of sp³-hybridized carbons (Fsp3) is 0. The Morgan fingerprint density at radius 2 is 2.08 bits per heavy atom. The number of rotatable bonds is 1. The maximum absolute atomic E-state index is 6.05. The summed E-state index contributed by atoms with van der Waals surface area (Å²) in [4.78, 5) is 1.09. The summed E-state index contributed by atoms with van der Waals surface area (Å²) in [5.41, 5.74) is 0.973. The highest BCUT2D eigenvalue weighted by atomic mass is 35.5. The van der Waals surface area contributed by atoms with Crippen LogP contribution in [0.15, 0.2) is 29.6 Å². The van der Waals surface area contributed by atoms with Gasteiger partial charge in [-0.3, -0.25) is 0 Å². The first-order valence-corrected chi connectivity index (χ1v) is 5.31. The lowest BCUT2D eigenvalue weighted by Crippen LogP contribution is -1.75. The third-order valence-corrected chi connectivity index (χ3v) is 3.35. The Morgan fingerprint density at radius 1 is 1.23 bits per heavy atom. The van der Waals surface area contributed by atoms with E-state index in [0.717, 1.165) is 10.4 Å². The molecule has 0 nitrogen and oxygen atoms in total. The maximum Gasteiger partial charge on any atom is 0.0678 e. The Morgan fingerprint density at radius 3 is 2.77 bits per heavy atom. The van der Waals surface area contributed by atoms with E-state index in [9.17, 15) is 0 Å². The van der Waals surface area contributed by atoms with Crippen molar-refractivity contribution in [3.05, 3.63) is 45.8 Å². The van der Waals surface area contributed by atoms with Crippen molar-refractivity contribution in [2.24, 2.45) is 0 Å². The molecule has 0 atom stereocenters. The topological polar surface area (TPSA) is 0 Å². The average Bonchev–Trinajstić information content (AvgIpc) is 2.62. The second kappa shape index (κ2) is 3.70. The van der Waals surface area contributed by atoms with Crippen LogP contribution in [0.1, 0.15) is 0 Å². The van der Waals surface area contributed by atoms with Crippen LogP contribution in [0.4, 0.5) is 0 Å². The van der Waals surface area contributed by atoms with Gasteiger partial charge in [0.2, 0.25) is 0 Å².